The van der Waals surface area contributed by atoms with Crippen LogP contribution in [0.1, 0.15) is 40.5 Å². The van der Waals surface area contributed by atoms with Crippen molar-refractivity contribution in [3.63, 3.8) is 0 Å². The molecule has 2 aliphatic rings. The lowest BCUT2D eigenvalue weighted by Crippen LogP contribution is -2.43. The topological polar surface area (TPSA) is 114 Å². The van der Waals surface area contributed by atoms with Gasteiger partial charge in [-0.2, -0.15) is 13.2 Å². The van der Waals surface area contributed by atoms with Gasteiger partial charge in [-0.25, -0.2) is 9.79 Å². The minimum Gasteiger partial charge on any atom is -0.494 e. The predicted molar refractivity (Wildman–Crippen MR) is 176 cm³/mol. The van der Waals surface area contributed by atoms with Gasteiger partial charge in [0.15, 0.2) is 5.17 Å². The van der Waals surface area contributed by atoms with E-state index in [1.165, 1.54) is 29.2 Å². The van der Waals surface area contributed by atoms with E-state index in [1.807, 2.05) is 30.3 Å². The molecule has 0 radical (unpaired) electrons. The highest BCUT2D eigenvalue weighted by Gasteiger charge is 2.40. The van der Waals surface area contributed by atoms with E-state index in [4.69, 9.17) is 13.9 Å². The van der Waals surface area contributed by atoms with Crippen molar-refractivity contribution >= 4 is 46.2 Å². The summed E-state index contributed by atoms with van der Waals surface area (Å²) in [5.41, 5.74) is 0.904. The number of rotatable bonds is 9. The molecule has 1 aromatic heterocycles. The Labute approximate surface area is 283 Å². The number of anilines is 1. The standard InChI is InChI=1S/C35H31F3N4O6S/c1-46-29-16-13-24(35(36,37)38)19-27(29)40-33-42(20-26-9-6-18-47-26)32(44)30(49-33)23-11-14-25(15-12-23)39-31(43)28-10-5-17-41(28)34(45)48-21-22-7-3-2-4-8-22/h2-4,6-9,11-16,18-19,28,30H,5,10,17,20-21H2,1H3,(H,39,43)/b40-33-/t28-,30?/m0/s1. The van der Waals surface area contributed by atoms with Crippen LogP contribution in [0.15, 0.2) is 101 Å². The molecular weight excluding hydrogens is 661 g/mol. The van der Waals surface area contributed by atoms with E-state index in [1.54, 1.807) is 36.4 Å². The number of thioether (sulfide) groups is 1. The summed E-state index contributed by atoms with van der Waals surface area (Å²) >= 11 is 1.08. The number of alkyl halides is 3. The van der Waals surface area contributed by atoms with Crippen molar-refractivity contribution in [2.45, 2.75) is 43.5 Å². The first-order valence-corrected chi connectivity index (χ1v) is 16.2. The van der Waals surface area contributed by atoms with Crippen molar-refractivity contribution in [2.75, 3.05) is 19.0 Å². The van der Waals surface area contributed by atoms with Crippen LogP contribution in [0.3, 0.4) is 0 Å². The van der Waals surface area contributed by atoms with E-state index in [0.29, 0.717) is 36.4 Å². The quantitative estimate of drug-likeness (QED) is 0.193. The number of nitrogens with zero attached hydrogens (tertiary/aromatic N) is 3. The van der Waals surface area contributed by atoms with Gasteiger partial charge in [-0.3, -0.25) is 19.4 Å². The van der Waals surface area contributed by atoms with Gasteiger partial charge in [0.25, 0.3) is 0 Å². The summed E-state index contributed by atoms with van der Waals surface area (Å²) in [6, 6.07) is 21.5. The Bertz CT molecular complexity index is 1830. The van der Waals surface area contributed by atoms with Crippen molar-refractivity contribution in [1.29, 1.82) is 0 Å². The molecule has 0 saturated carbocycles. The van der Waals surface area contributed by atoms with Crippen molar-refractivity contribution in [3.05, 3.63) is 114 Å². The summed E-state index contributed by atoms with van der Waals surface area (Å²) in [4.78, 5) is 47.0. The number of aliphatic imine (C=N–C) groups is 1. The Kier molecular flexibility index (Phi) is 9.95. The Morgan fingerprint density at radius 2 is 1.82 bits per heavy atom. The lowest BCUT2D eigenvalue weighted by atomic mass is 10.1. The van der Waals surface area contributed by atoms with Gasteiger partial charge in [-0.05, 0) is 66.4 Å². The molecule has 2 atom stereocenters. The molecule has 6 rings (SSSR count). The Hall–Kier alpha value is -5.24. The number of hydrogen-bond acceptors (Lipinski definition) is 8. The zero-order valence-corrected chi connectivity index (χ0v) is 27.0. The first-order valence-electron chi connectivity index (χ1n) is 15.3. The van der Waals surface area contributed by atoms with Gasteiger partial charge in [-0.1, -0.05) is 54.2 Å². The number of furan rings is 1. The number of benzene rings is 3. The second-order valence-electron chi connectivity index (χ2n) is 11.3. The van der Waals surface area contributed by atoms with Crippen molar-refractivity contribution in [1.82, 2.24) is 9.80 Å². The van der Waals surface area contributed by atoms with E-state index in [2.05, 4.69) is 10.3 Å². The van der Waals surface area contributed by atoms with Crippen LogP contribution in [0.25, 0.3) is 0 Å². The minimum atomic E-state index is -4.60. The third kappa shape index (κ3) is 7.75. The second kappa shape index (κ2) is 14.5. The van der Waals surface area contributed by atoms with E-state index in [-0.39, 0.29) is 41.6 Å². The molecule has 254 valence electrons. The summed E-state index contributed by atoms with van der Waals surface area (Å²) in [6.07, 6.45) is -2.56. The molecule has 0 spiro atoms. The number of ether oxygens (including phenoxy) is 2. The third-order valence-corrected chi connectivity index (χ3v) is 9.27. The van der Waals surface area contributed by atoms with Gasteiger partial charge >= 0.3 is 12.3 Å². The predicted octanol–water partition coefficient (Wildman–Crippen LogP) is 7.55. The average molecular weight is 693 g/mol. The summed E-state index contributed by atoms with van der Waals surface area (Å²) in [5.74, 6) is -0.137. The Morgan fingerprint density at radius 3 is 2.51 bits per heavy atom. The molecule has 0 bridgehead atoms. The molecule has 49 heavy (non-hydrogen) atoms. The minimum absolute atomic E-state index is 0.00918. The maximum absolute atomic E-state index is 13.7. The van der Waals surface area contributed by atoms with Crippen LogP contribution in [0, 0.1) is 0 Å². The van der Waals surface area contributed by atoms with Crippen molar-refractivity contribution in [2.24, 2.45) is 4.99 Å². The lowest BCUT2D eigenvalue weighted by Gasteiger charge is -2.23. The van der Waals surface area contributed by atoms with E-state index >= 15 is 0 Å². The van der Waals surface area contributed by atoms with E-state index in [0.717, 1.165) is 29.5 Å². The number of carbonyl (C=O) groups excluding carboxylic acids is 3. The molecule has 14 heteroatoms. The van der Waals surface area contributed by atoms with Crippen LogP contribution >= 0.6 is 11.8 Å². The van der Waals surface area contributed by atoms with Crippen LogP contribution in [-0.2, 0) is 33.7 Å². The first kappa shape index (κ1) is 33.7. The molecule has 2 aliphatic heterocycles. The maximum Gasteiger partial charge on any atom is 0.416 e. The molecule has 1 unspecified atom stereocenters. The van der Waals surface area contributed by atoms with Gasteiger partial charge in [0.2, 0.25) is 11.8 Å². The molecule has 3 heterocycles. The number of carbonyl (C=O) groups is 3. The number of nitrogens with one attached hydrogen (secondary N) is 1. The van der Waals surface area contributed by atoms with Crippen LogP contribution in [-0.4, -0.2) is 52.6 Å². The molecule has 4 aromatic rings. The molecule has 3 amide bonds. The fraction of sp³-hybridized carbons (Fsp3) is 0.257. The first-order chi connectivity index (χ1) is 23.6. The normalized spacial score (nSPS) is 18.6. The van der Waals surface area contributed by atoms with Gasteiger partial charge in [0.05, 0.1) is 25.5 Å². The van der Waals surface area contributed by atoms with E-state index in [9.17, 15) is 27.6 Å². The number of amidine groups is 1. The fourth-order valence-corrected chi connectivity index (χ4v) is 6.70. The van der Waals surface area contributed by atoms with Crippen LogP contribution in [0.2, 0.25) is 0 Å². The SMILES string of the molecule is COc1ccc(C(F)(F)F)cc1/N=C1\SC(c2ccc(NC(=O)[C@@H]3CCCN3C(=O)OCc3ccccc3)cc2)C(=O)N1Cc1ccco1. The smallest absolute Gasteiger partial charge is 0.416 e. The highest BCUT2D eigenvalue weighted by Crippen LogP contribution is 2.43. The maximum atomic E-state index is 13.7. The molecule has 1 N–H and O–H groups in total. The summed E-state index contributed by atoms with van der Waals surface area (Å²) in [7, 11) is 1.32. The van der Waals surface area contributed by atoms with Crippen LogP contribution in [0.5, 0.6) is 5.75 Å². The van der Waals surface area contributed by atoms with Crippen molar-refractivity contribution < 1.29 is 41.4 Å². The number of amides is 3. The summed E-state index contributed by atoms with van der Waals surface area (Å²) < 4.78 is 56.7. The molecule has 0 aliphatic carbocycles. The highest BCUT2D eigenvalue weighted by atomic mass is 32.2. The monoisotopic (exact) mass is 692 g/mol. The third-order valence-electron chi connectivity index (χ3n) is 8.04. The highest BCUT2D eigenvalue weighted by molar-refractivity contribution is 8.15. The average Bonchev–Trinajstić information content (AvgIpc) is 3.87. The summed E-state index contributed by atoms with van der Waals surface area (Å²) in [5, 5.41) is 2.24. The Morgan fingerprint density at radius 1 is 1.04 bits per heavy atom. The zero-order chi connectivity index (χ0) is 34.5. The van der Waals surface area contributed by atoms with Gasteiger partial charge in [-0.15, -0.1) is 0 Å². The lowest BCUT2D eigenvalue weighted by molar-refractivity contribution is -0.137. The second-order valence-corrected chi connectivity index (χ2v) is 12.4. The fourth-order valence-electron chi connectivity index (χ4n) is 5.54. The summed E-state index contributed by atoms with van der Waals surface area (Å²) in [6.45, 7) is 0.508. The molecule has 10 nitrogen and oxygen atoms in total. The van der Waals surface area contributed by atoms with Crippen LogP contribution in [0.4, 0.5) is 29.3 Å². The zero-order valence-electron chi connectivity index (χ0n) is 26.2. The van der Waals surface area contributed by atoms with Gasteiger partial charge in [0.1, 0.15) is 35.1 Å². The largest absolute Gasteiger partial charge is 0.494 e. The molecule has 2 saturated heterocycles. The number of methoxy groups -OCH3 is 1. The van der Waals surface area contributed by atoms with Crippen LogP contribution < -0.4 is 10.1 Å². The molecule has 3 aromatic carbocycles. The van der Waals surface area contributed by atoms with E-state index < -0.39 is 29.1 Å². The van der Waals surface area contributed by atoms with Gasteiger partial charge in [0, 0.05) is 12.2 Å². The van der Waals surface area contributed by atoms with Crippen molar-refractivity contribution in [3.8, 4) is 5.75 Å². The Balaban J connectivity index is 1.17. The molecular formula is C35H31F3N4O6S. The number of likely N-dealkylation sites (tertiary alicyclic amines) is 1. The van der Waals surface area contributed by atoms with Gasteiger partial charge < -0.3 is 19.2 Å². The number of halogens is 3. The number of hydrogen-bond donors (Lipinski definition) is 1. The molecule has 2 fully saturated rings.